The largest absolute Gasteiger partial charge is 0.491 e. The van der Waals surface area contributed by atoms with Crippen LogP contribution in [0.25, 0.3) is 10.8 Å². The van der Waals surface area contributed by atoms with Crippen LogP contribution in [-0.2, 0) is 13.1 Å². The molecule has 0 amide bonds. The maximum absolute atomic E-state index is 12.8. The molecule has 0 bridgehead atoms. The van der Waals surface area contributed by atoms with Crippen LogP contribution in [0, 0.1) is 5.92 Å². The van der Waals surface area contributed by atoms with Crippen LogP contribution in [0.5, 0.6) is 5.75 Å². The predicted octanol–water partition coefficient (Wildman–Crippen LogP) is 2.88. The number of nitrogen functional groups attached to an aromatic ring is 1. The van der Waals surface area contributed by atoms with Gasteiger partial charge >= 0.3 is 0 Å². The molecule has 2 aromatic rings. The molecule has 0 aliphatic rings. The average molecular weight is 317 g/mol. The Balaban J connectivity index is 2.72. The first-order chi connectivity index (χ1) is 11.0. The fraction of sp³-hybridized carbons (Fsp3) is 0.500. The Hall–Kier alpha value is -2.01. The molecule has 0 saturated heterocycles. The summed E-state index contributed by atoms with van der Waals surface area (Å²) < 4.78 is 7.77. The standard InChI is InChI=1S/C18H27N3O2/c1-4-5-8-23-17-15-9-13(20)6-7-14(15)18(22)21(11-12(2)3)16(17)10-19/h6-7,9,12H,4-5,8,10-11,19-20H2,1-3H3. The lowest BCUT2D eigenvalue weighted by molar-refractivity contribution is 0.304. The smallest absolute Gasteiger partial charge is 0.258 e. The molecule has 0 radical (unpaired) electrons. The number of nitrogens with zero attached hydrogens (tertiary/aromatic N) is 1. The van der Waals surface area contributed by atoms with Gasteiger partial charge in [0, 0.05) is 24.2 Å². The summed E-state index contributed by atoms with van der Waals surface area (Å²) in [5.41, 5.74) is 13.2. The molecule has 0 aliphatic heterocycles. The van der Waals surface area contributed by atoms with Gasteiger partial charge in [-0.2, -0.15) is 0 Å². The summed E-state index contributed by atoms with van der Waals surface area (Å²) in [5, 5.41) is 1.38. The third-order valence-corrected chi connectivity index (χ3v) is 3.84. The minimum atomic E-state index is -0.0306. The summed E-state index contributed by atoms with van der Waals surface area (Å²) in [5.74, 6) is 1.04. The molecule has 0 atom stereocenters. The first kappa shape index (κ1) is 17.3. The van der Waals surface area contributed by atoms with Gasteiger partial charge in [0.2, 0.25) is 0 Å². The van der Waals surface area contributed by atoms with E-state index in [0.29, 0.717) is 35.9 Å². The maximum Gasteiger partial charge on any atom is 0.258 e. The molecule has 1 aromatic carbocycles. The molecule has 0 unspecified atom stereocenters. The molecule has 0 saturated carbocycles. The van der Waals surface area contributed by atoms with E-state index in [9.17, 15) is 4.79 Å². The number of benzene rings is 1. The minimum Gasteiger partial charge on any atom is -0.491 e. The van der Waals surface area contributed by atoms with E-state index in [1.165, 1.54) is 0 Å². The quantitative estimate of drug-likeness (QED) is 0.607. The van der Waals surface area contributed by atoms with Crippen LogP contribution in [0.3, 0.4) is 0 Å². The number of pyridine rings is 1. The van der Waals surface area contributed by atoms with Crippen LogP contribution in [0.1, 0.15) is 39.3 Å². The molecular weight excluding hydrogens is 290 g/mol. The Morgan fingerprint density at radius 2 is 2.00 bits per heavy atom. The third-order valence-electron chi connectivity index (χ3n) is 3.84. The minimum absolute atomic E-state index is 0.0306. The Bertz CT molecular complexity index is 735. The molecule has 0 aliphatic carbocycles. The highest BCUT2D eigenvalue weighted by Gasteiger charge is 2.18. The number of unbranched alkanes of at least 4 members (excludes halogenated alkanes) is 1. The van der Waals surface area contributed by atoms with Gasteiger partial charge in [-0.3, -0.25) is 4.79 Å². The Labute approximate surface area is 137 Å². The highest BCUT2D eigenvalue weighted by atomic mass is 16.5. The van der Waals surface area contributed by atoms with Gasteiger partial charge in [-0.25, -0.2) is 0 Å². The lowest BCUT2D eigenvalue weighted by Gasteiger charge is -2.20. The first-order valence-electron chi connectivity index (χ1n) is 8.27. The molecule has 4 N–H and O–H groups in total. The number of hydrogen-bond acceptors (Lipinski definition) is 4. The van der Waals surface area contributed by atoms with Crippen LogP contribution in [0.15, 0.2) is 23.0 Å². The van der Waals surface area contributed by atoms with E-state index < -0.39 is 0 Å². The summed E-state index contributed by atoms with van der Waals surface area (Å²) in [6, 6.07) is 5.33. The van der Waals surface area contributed by atoms with Crippen molar-refractivity contribution in [1.29, 1.82) is 0 Å². The second-order valence-electron chi connectivity index (χ2n) is 6.30. The van der Waals surface area contributed by atoms with Crippen molar-refractivity contribution in [2.75, 3.05) is 12.3 Å². The number of nitrogens with two attached hydrogens (primary N) is 2. The second-order valence-corrected chi connectivity index (χ2v) is 6.30. The topological polar surface area (TPSA) is 83.3 Å². The summed E-state index contributed by atoms with van der Waals surface area (Å²) in [6.07, 6.45) is 2.00. The summed E-state index contributed by atoms with van der Waals surface area (Å²) in [6.45, 7) is 7.76. The van der Waals surface area contributed by atoms with Crippen LogP contribution in [-0.4, -0.2) is 11.2 Å². The zero-order valence-electron chi connectivity index (χ0n) is 14.3. The Morgan fingerprint density at radius 1 is 1.26 bits per heavy atom. The summed E-state index contributed by atoms with van der Waals surface area (Å²) in [7, 11) is 0. The van der Waals surface area contributed by atoms with Gasteiger partial charge in [-0.05, 0) is 30.5 Å². The van der Waals surface area contributed by atoms with Crippen molar-refractivity contribution in [2.45, 2.75) is 46.7 Å². The molecule has 23 heavy (non-hydrogen) atoms. The normalized spacial score (nSPS) is 11.3. The van der Waals surface area contributed by atoms with Crippen molar-refractivity contribution in [3.8, 4) is 5.75 Å². The lowest BCUT2D eigenvalue weighted by atomic mass is 10.1. The number of ether oxygens (including phenoxy) is 1. The first-order valence-corrected chi connectivity index (χ1v) is 8.27. The van der Waals surface area contributed by atoms with Crippen molar-refractivity contribution >= 4 is 16.5 Å². The number of anilines is 1. The molecular formula is C18H27N3O2. The summed E-state index contributed by atoms with van der Waals surface area (Å²) in [4.78, 5) is 12.8. The van der Waals surface area contributed by atoms with Crippen LogP contribution < -0.4 is 21.8 Å². The van der Waals surface area contributed by atoms with Crippen LogP contribution in [0.4, 0.5) is 5.69 Å². The Morgan fingerprint density at radius 3 is 2.61 bits per heavy atom. The van der Waals surface area contributed by atoms with Gasteiger partial charge in [0.25, 0.3) is 5.56 Å². The third kappa shape index (κ3) is 3.67. The fourth-order valence-corrected chi connectivity index (χ4v) is 2.72. The van der Waals surface area contributed by atoms with Crippen molar-refractivity contribution in [1.82, 2.24) is 4.57 Å². The molecule has 5 nitrogen and oxygen atoms in total. The zero-order chi connectivity index (χ0) is 17.0. The van der Waals surface area contributed by atoms with Crippen LogP contribution >= 0.6 is 0 Å². The monoisotopic (exact) mass is 317 g/mol. The lowest BCUT2D eigenvalue weighted by Crippen LogP contribution is -2.28. The van der Waals surface area contributed by atoms with E-state index in [1.807, 2.05) is 0 Å². The number of fused-ring (bicyclic) bond motifs is 1. The van der Waals surface area contributed by atoms with Gasteiger partial charge in [0.15, 0.2) is 0 Å². The molecule has 2 rings (SSSR count). The van der Waals surface area contributed by atoms with Crippen molar-refractivity contribution in [3.05, 3.63) is 34.2 Å². The maximum atomic E-state index is 12.8. The van der Waals surface area contributed by atoms with E-state index in [-0.39, 0.29) is 12.1 Å². The average Bonchev–Trinajstić information content (AvgIpc) is 2.51. The predicted molar refractivity (Wildman–Crippen MR) is 95.8 cm³/mol. The zero-order valence-corrected chi connectivity index (χ0v) is 14.3. The molecule has 5 heteroatoms. The molecule has 0 fully saturated rings. The van der Waals surface area contributed by atoms with Crippen molar-refractivity contribution in [2.24, 2.45) is 11.7 Å². The van der Waals surface area contributed by atoms with E-state index in [2.05, 4.69) is 20.8 Å². The number of hydrogen-bond donors (Lipinski definition) is 2. The van der Waals surface area contributed by atoms with Crippen LogP contribution in [0.2, 0.25) is 0 Å². The highest BCUT2D eigenvalue weighted by Crippen LogP contribution is 2.30. The Kier molecular flexibility index (Phi) is 5.66. The second kappa shape index (κ2) is 7.51. The fourth-order valence-electron chi connectivity index (χ4n) is 2.72. The SMILES string of the molecule is CCCCOc1c(CN)n(CC(C)C)c(=O)c2ccc(N)cc12. The van der Waals surface area contributed by atoms with E-state index in [1.54, 1.807) is 22.8 Å². The summed E-state index contributed by atoms with van der Waals surface area (Å²) >= 11 is 0. The highest BCUT2D eigenvalue weighted by molar-refractivity contribution is 5.90. The van der Waals surface area contributed by atoms with Gasteiger partial charge < -0.3 is 20.8 Å². The molecule has 1 aromatic heterocycles. The molecule has 126 valence electrons. The number of aromatic nitrogens is 1. The van der Waals surface area contributed by atoms with Gasteiger partial charge in [0.05, 0.1) is 17.7 Å². The van der Waals surface area contributed by atoms with Crippen molar-refractivity contribution in [3.63, 3.8) is 0 Å². The van der Waals surface area contributed by atoms with Gasteiger partial charge in [0.1, 0.15) is 5.75 Å². The molecule has 1 heterocycles. The number of rotatable bonds is 7. The van der Waals surface area contributed by atoms with Gasteiger partial charge in [-0.15, -0.1) is 0 Å². The molecule has 0 spiro atoms. The van der Waals surface area contributed by atoms with E-state index >= 15 is 0 Å². The van der Waals surface area contributed by atoms with Crippen molar-refractivity contribution < 1.29 is 4.74 Å². The van der Waals surface area contributed by atoms with Gasteiger partial charge in [-0.1, -0.05) is 27.2 Å². The van der Waals surface area contributed by atoms with E-state index in [4.69, 9.17) is 16.2 Å². The van der Waals surface area contributed by atoms with E-state index in [0.717, 1.165) is 23.9 Å².